The number of hydrogen-bond acceptors (Lipinski definition) is 3. The number of epoxide rings is 1. The summed E-state index contributed by atoms with van der Waals surface area (Å²) in [6, 6.07) is 0. The number of amides is 1. The monoisotopic (exact) mass is 327 g/mol. The topological polar surface area (TPSA) is 61.9 Å². The molecular formula is C19H37NO3. The predicted molar refractivity (Wildman–Crippen MR) is 94.5 cm³/mol. The lowest BCUT2D eigenvalue weighted by Gasteiger charge is -2.11. The van der Waals surface area contributed by atoms with E-state index >= 15 is 0 Å². The van der Waals surface area contributed by atoms with E-state index in [9.17, 15) is 4.79 Å². The van der Waals surface area contributed by atoms with Gasteiger partial charge in [-0.2, -0.15) is 0 Å². The number of aliphatic hydroxyl groups excluding tert-OH is 1. The molecule has 1 amide bonds. The fourth-order valence-corrected chi connectivity index (χ4v) is 3.06. The zero-order valence-electron chi connectivity index (χ0n) is 15.1. The van der Waals surface area contributed by atoms with Crippen LogP contribution >= 0.6 is 0 Å². The molecule has 1 fully saturated rings. The van der Waals surface area contributed by atoms with Crippen LogP contribution in [0.2, 0.25) is 0 Å². The first-order valence-corrected chi connectivity index (χ1v) is 9.78. The van der Waals surface area contributed by atoms with Crippen molar-refractivity contribution in [3.63, 3.8) is 0 Å². The lowest BCUT2D eigenvalue weighted by Crippen LogP contribution is -2.38. The number of carbonyl (C=O) groups excluding carboxylic acids is 1. The van der Waals surface area contributed by atoms with E-state index in [1.54, 1.807) is 0 Å². The average molecular weight is 328 g/mol. The van der Waals surface area contributed by atoms with Crippen molar-refractivity contribution in [1.82, 2.24) is 5.32 Å². The van der Waals surface area contributed by atoms with Gasteiger partial charge in [0.05, 0.1) is 13.2 Å². The van der Waals surface area contributed by atoms with Crippen LogP contribution in [0, 0.1) is 0 Å². The molecule has 1 saturated heterocycles. The van der Waals surface area contributed by atoms with Gasteiger partial charge in [0.15, 0.2) is 5.60 Å². The van der Waals surface area contributed by atoms with E-state index in [1.807, 2.05) is 0 Å². The summed E-state index contributed by atoms with van der Waals surface area (Å²) in [5.41, 5.74) is -0.562. The van der Waals surface area contributed by atoms with Gasteiger partial charge in [-0.15, -0.1) is 0 Å². The maximum Gasteiger partial charge on any atom is 0.254 e. The van der Waals surface area contributed by atoms with E-state index in [0.717, 1.165) is 12.8 Å². The third-order valence-corrected chi connectivity index (χ3v) is 4.74. The van der Waals surface area contributed by atoms with Crippen molar-refractivity contribution < 1.29 is 14.6 Å². The standard InChI is InChI=1S/C19H37NO3/c1-2-3-4-5-6-7-8-9-10-11-12-13-14-19(17-23-19)18(22)20-15-16-21/h21H,2-17H2,1H3,(H,20,22)/t19-/m0/s1. The number of ether oxygens (including phenoxy) is 1. The van der Waals surface area contributed by atoms with Gasteiger partial charge in [-0.1, -0.05) is 77.6 Å². The number of rotatable bonds is 16. The van der Waals surface area contributed by atoms with Crippen molar-refractivity contribution in [3.05, 3.63) is 0 Å². The van der Waals surface area contributed by atoms with Crippen LogP contribution in [-0.2, 0) is 9.53 Å². The molecule has 23 heavy (non-hydrogen) atoms. The van der Waals surface area contributed by atoms with Crippen LogP contribution in [0.1, 0.15) is 90.4 Å². The van der Waals surface area contributed by atoms with Crippen molar-refractivity contribution in [2.45, 2.75) is 96.0 Å². The average Bonchev–Trinajstić information content (AvgIpc) is 3.35. The Morgan fingerprint density at radius 3 is 1.87 bits per heavy atom. The third-order valence-electron chi connectivity index (χ3n) is 4.74. The molecule has 0 unspecified atom stereocenters. The Morgan fingerprint density at radius 2 is 1.43 bits per heavy atom. The molecule has 1 rings (SSSR count). The summed E-state index contributed by atoms with van der Waals surface area (Å²) in [4.78, 5) is 11.9. The minimum absolute atomic E-state index is 0.0135. The molecular weight excluding hydrogens is 290 g/mol. The first-order chi connectivity index (χ1) is 11.2. The van der Waals surface area contributed by atoms with E-state index in [2.05, 4.69) is 12.2 Å². The highest BCUT2D eigenvalue weighted by atomic mass is 16.6. The van der Waals surface area contributed by atoms with E-state index in [-0.39, 0.29) is 12.5 Å². The van der Waals surface area contributed by atoms with Gasteiger partial charge < -0.3 is 15.2 Å². The molecule has 0 radical (unpaired) electrons. The van der Waals surface area contributed by atoms with Crippen LogP contribution in [0.4, 0.5) is 0 Å². The number of aliphatic hydroxyl groups is 1. The highest BCUT2D eigenvalue weighted by molar-refractivity contribution is 5.87. The number of unbranched alkanes of at least 4 members (excludes halogenated alkanes) is 11. The summed E-state index contributed by atoms with van der Waals surface area (Å²) >= 11 is 0. The van der Waals surface area contributed by atoms with Gasteiger partial charge in [0.1, 0.15) is 0 Å². The fraction of sp³-hybridized carbons (Fsp3) is 0.947. The van der Waals surface area contributed by atoms with Crippen molar-refractivity contribution in [3.8, 4) is 0 Å². The summed E-state index contributed by atoms with van der Waals surface area (Å²) in [5, 5.41) is 11.4. The highest BCUT2D eigenvalue weighted by Crippen LogP contribution is 2.33. The molecule has 0 aliphatic carbocycles. The molecule has 4 nitrogen and oxygen atoms in total. The zero-order chi connectivity index (χ0) is 16.8. The Morgan fingerprint density at radius 1 is 0.957 bits per heavy atom. The predicted octanol–water partition coefficient (Wildman–Crippen LogP) is 3.96. The Balaban J connectivity index is 1.85. The summed E-state index contributed by atoms with van der Waals surface area (Å²) in [6.07, 6.45) is 16.7. The van der Waals surface area contributed by atoms with Gasteiger partial charge in [0.25, 0.3) is 5.91 Å². The summed E-state index contributed by atoms with van der Waals surface area (Å²) in [7, 11) is 0. The molecule has 1 atom stereocenters. The summed E-state index contributed by atoms with van der Waals surface area (Å²) in [5.74, 6) is -0.0466. The van der Waals surface area contributed by atoms with Gasteiger partial charge in [-0.25, -0.2) is 0 Å². The minimum Gasteiger partial charge on any atom is -0.395 e. The number of carbonyl (C=O) groups is 1. The van der Waals surface area contributed by atoms with Crippen LogP contribution in [-0.4, -0.2) is 36.4 Å². The van der Waals surface area contributed by atoms with E-state index in [4.69, 9.17) is 9.84 Å². The molecule has 136 valence electrons. The van der Waals surface area contributed by atoms with Crippen molar-refractivity contribution in [2.75, 3.05) is 19.8 Å². The maximum atomic E-state index is 11.9. The van der Waals surface area contributed by atoms with Gasteiger partial charge in [0, 0.05) is 6.54 Å². The molecule has 1 aliphatic rings. The third kappa shape index (κ3) is 9.31. The molecule has 0 aromatic rings. The second-order valence-corrected chi connectivity index (χ2v) is 6.90. The molecule has 4 heteroatoms. The SMILES string of the molecule is CCCCCCCCCCCCCC[C@@]1(C(=O)NCCO)CO1. The Kier molecular flexibility index (Phi) is 11.3. The van der Waals surface area contributed by atoms with E-state index < -0.39 is 5.60 Å². The van der Waals surface area contributed by atoms with Crippen LogP contribution in [0.25, 0.3) is 0 Å². The maximum absolute atomic E-state index is 11.9. The van der Waals surface area contributed by atoms with E-state index in [0.29, 0.717) is 13.2 Å². The van der Waals surface area contributed by atoms with Crippen molar-refractivity contribution >= 4 is 5.91 Å². The van der Waals surface area contributed by atoms with Crippen molar-refractivity contribution in [1.29, 1.82) is 0 Å². The Labute approximate surface area is 142 Å². The smallest absolute Gasteiger partial charge is 0.254 e. The quantitative estimate of drug-likeness (QED) is 0.333. The van der Waals surface area contributed by atoms with Crippen LogP contribution in [0.5, 0.6) is 0 Å². The molecule has 0 aromatic heterocycles. The lowest BCUT2D eigenvalue weighted by molar-refractivity contribution is -0.126. The second-order valence-electron chi connectivity index (χ2n) is 6.90. The summed E-state index contributed by atoms with van der Waals surface area (Å²) < 4.78 is 5.36. The fourth-order valence-electron chi connectivity index (χ4n) is 3.06. The first kappa shape index (κ1) is 20.4. The molecule has 0 spiro atoms. The van der Waals surface area contributed by atoms with Gasteiger partial charge in [-0.3, -0.25) is 4.79 Å². The molecule has 1 heterocycles. The largest absolute Gasteiger partial charge is 0.395 e. The van der Waals surface area contributed by atoms with Crippen LogP contribution in [0.3, 0.4) is 0 Å². The number of nitrogens with one attached hydrogen (secondary N) is 1. The zero-order valence-corrected chi connectivity index (χ0v) is 15.1. The van der Waals surface area contributed by atoms with Gasteiger partial charge in [0.2, 0.25) is 0 Å². The molecule has 2 N–H and O–H groups in total. The molecule has 1 aliphatic heterocycles. The molecule has 0 aromatic carbocycles. The van der Waals surface area contributed by atoms with Gasteiger partial charge in [-0.05, 0) is 12.8 Å². The van der Waals surface area contributed by atoms with Crippen LogP contribution < -0.4 is 5.32 Å². The van der Waals surface area contributed by atoms with Gasteiger partial charge >= 0.3 is 0 Å². The van der Waals surface area contributed by atoms with E-state index in [1.165, 1.54) is 70.6 Å². The molecule has 0 bridgehead atoms. The number of hydrogen-bond donors (Lipinski definition) is 2. The summed E-state index contributed by atoms with van der Waals surface area (Å²) in [6.45, 7) is 3.11. The first-order valence-electron chi connectivity index (χ1n) is 9.78. The lowest BCUT2D eigenvalue weighted by atomic mass is 9.99. The Bertz CT molecular complexity index is 303. The minimum atomic E-state index is -0.562. The van der Waals surface area contributed by atoms with Crippen LogP contribution in [0.15, 0.2) is 0 Å². The second kappa shape index (κ2) is 12.8. The highest BCUT2D eigenvalue weighted by Gasteiger charge is 2.51. The Hall–Kier alpha value is -0.610. The normalized spacial score (nSPS) is 19.7. The molecule has 0 saturated carbocycles. The van der Waals surface area contributed by atoms with Crippen molar-refractivity contribution in [2.24, 2.45) is 0 Å².